The van der Waals surface area contributed by atoms with Gasteiger partial charge in [-0.1, -0.05) is 0 Å². The first-order valence-electron chi connectivity index (χ1n) is 2.61. The number of cyclic esters (lactones) is 1. The fourth-order valence-electron chi connectivity index (χ4n) is 0.550. The van der Waals surface area contributed by atoms with Crippen molar-refractivity contribution >= 4 is 13.8 Å². The maximum absolute atomic E-state index is 10.5. The van der Waals surface area contributed by atoms with Gasteiger partial charge < -0.3 is 9.26 Å². The quantitative estimate of drug-likeness (QED) is 0.441. The molecule has 0 saturated heterocycles. The van der Waals surface area contributed by atoms with Gasteiger partial charge in [0.25, 0.3) is 0 Å². The first-order chi connectivity index (χ1) is 4.99. The van der Waals surface area contributed by atoms with Crippen molar-refractivity contribution in [1.82, 2.24) is 0 Å². The van der Waals surface area contributed by atoms with Crippen LogP contribution in [0.5, 0.6) is 0 Å². The molecule has 1 heterocycles. The van der Waals surface area contributed by atoms with Gasteiger partial charge in [-0.25, -0.2) is 9.36 Å². The number of carbonyl (C=O) groups is 1. The normalized spacial score (nSPS) is 17.6. The van der Waals surface area contributed by atoms with Crippen LogP contribution in [0.25, 0.3) is 0 Å². The second-order valence-corrected chi connectivity index (χ2v) is 2.91. The second kappa shape index (κ2) is 2.65. The van der Waals surface area contributed by atoms with Gasteiger partial charge >= 0.3 is 13.8 Å². The van der Waals surface area contributed by atoms with Crippen molar-refractivity contribution in [3.8, 4) is 0 Å². The van der Waals surface area contributed by atoms with E-state index in [1.807, 2.05) is 0 Å². The summed E-state index contributed by atoms with van der Waals surface area (Å²) in [5.41, 5.74) is 0. The Bertz CT molecular complexity index is 249. The fraction of sp³-hybridized carbons (Fsp3) is 0.250. The summed E-state index contributed by atoms with van der Waals surface area (Å²) in [6.45, 7) is -0.00579. The van der Waals surface area contributed by atoms with Crippen molar-refractivity contribution in [2.75, 3.05) is 6.61 Å². The van der Waals surface area contributed by atoms with E-state index >= 15 is 0 Å². The van der Waals surface area contributed by atoms with Crippen LogP contribution < -0.4 is 0 Å². The van der Waals surface area contributed by atoms with Crippen LogP contribution in [0.3, 0.4) is 0 Å². The van der Waals surface area contributed by atoms with E-state index in [1.165, 1.54) is 0 Å². The Morgan fingerprint density at radius 1 is 1.64 bits per heavy atom. The molecule has 1 aliphatic rings. The Morgan fingerprint density at radius 3 is 2.64 bits per heavy atom. The molecule has 2 N–H and O–H groups in total. The minimum absolute atomic E-state index is 0.00579. The van der Waals surface area contributed by atoms with E-state index in [1.54, 1.807) is 0 Å². The Hall–Kier alpha value is -0.840. The first-order valence-corrected chi connectivity index (χ1v) is 4.14. The van der Waals surface area contributed by atoms with Gasteiger partial charge in [-0.2, -0.15) is 0 Å². The molecule has 0 aromatic heterocycles. The van der Waals surface area contributed by atoms with E-state index in [4.69, 9.17) is 9.79 Å². The average Bonchev–Trinajstić information content (AvgIpc) is 2.12. The van der Waals surface area contributed by atoms with Gasteiger partial charge in [0.15, 0.2) is 0 Å². The number of rotatable bonds is 2. The SMILES string of the molecule is O=C1OCC=C1OP(=O)(O)O. The van der Waals surface area contributed by atoms with E-state index in [-0.39, 0.29) is 6.61 Å². The van der Waals surface area contributed by atoms with Gasteiger partial charge in [0.2, 0.25) is 5.76 Å². The highest BCUT2D eigenvalue weighted by Gasteiger charge is 2.26. The molecule has 0 aliphatic carbocycles. The van der Waals surface area contributed by atoms with Gasteiger partial charge in [0, 0.05) is 6.08 Å². The van der Waals surface area contributed by atoms with Crippen molar-refractivity contribution in [2.45, 2.75) is 0 Å². The van der Waals surface area contributed by atoms with Crippen LogP contribution >= 0.6 is 7.82 Å². The molecule has 6 nitrogen and oxygen atoms in total. The third kappa shape index (κ3) is 2.34. The predicted molar refractivity (Wildman–Crippen MR) is 32.2 cm³/mol. The minimum atomic E-state index is -4.62. The average molecular weight is 180 g/mol. The molecule has 1 aliphatic heterocycles. The molecule has 7 heteroatoms. The fourth-order valence-corrected chi connectivity index (χ4v) is 0.955. The molecule has 0 radical (unpaired) electrons. The third-order valence-corrected chi connectivity index (χ3v) is 1.34. The Balaban J connectivity index is 2.64. The summed E-state index contributed by atoms with van der Waals surface area (Å²) < 4.78 is 18.4. The van der Waals surface area contributed by atoms with Gasteiger partial charge in [0.05, 0.1) is 0 Å². The van der Waals surface area contributed by atoms with Crippen LogP contribution in [0.1, 0.15) is 0 Å². The van der Waals surface area contributed by atoms with E-state index in [0.29, 0.717) is 0 Å². The number of ether oxygens (including phenoxy) is 1. The summed E-state index contributed by atoms with van der Waals surface area (Å²) in [5.74, 6) is -1.29. The molecule has 0 fully saturated rings. The summed E-state index contributed by atoms with van der Waals surface area (Å²) in [7, 11) is -4.62. The van der Waals surface area contributed by atoms with Crippen molar-refractivity contribution in [3.05, 3.63) is 11.8 Å². The van der Waals surface area contributed by atoms with Crippen LogP contribution in [-0.4, -0.2) is 22.4 Å². The zero-order valence-electron chi connectivity index (χ0n) is 5.26. The second-order valence-electron chi connectivity index (χ2n) is 1.75. The van der Waals surface area contributed by atoms with Crippen LogP contribution in [0.4, 0.5) is 0 Å². The lowest BCUT2D eigenvalue weighted by atomic mass is 10.5. The van der Waals surface area contributed by atoms with Crippen LogP contribution in [0, 0.1) is 0 Å². The van der Waals surface area contributed by atoms with E-state index in [2.05, 4.69) is 9.26 Å². The Morgan fingerprint density at radius 2 is 2.27 bits per heavy atom. The van der Waals surface area contributed by atoms with Gasteiger partial charge in [-0.15, -0.1) is 0 Å². The van der Waals surface area contributed by atoms with E-state index in [9.17, 15) is 9.36 Å². The number of carbonyl (C=O) groups excluding carboxylic acids is 1. The molecule has 0 aromatic rings. The van der Waals surface area contributed by atoms with Crippen LogP contribution in [0.2, 0.25) is 0 Å². The Kier molecular flexibility index (Phi) is 1.99. The molecule has 0 spiro atoms. The first kappa shape index (κ1) is 8.26. The van der Waals surface area contributed by atoms with Crippen molar-refractivity contribution in [3.63, 3.8) is 0 Å². The van der Waals surface area contributed by atoms with Gasteiger partial charge in [0.1, 0.15) is 6.61 Å². The molecular weight excluding hydrogens is 175 g/mol. The lowest BCUT2D eigenvalue weighted by Gasteiger charge is -2.03. The molecule has 0 saturated carbocycles. The lowest BCUT2D eigenvalue weighted by molar-refractivity contribution is -0.138. The molecule has 0 aromatic carbocycles. The maximum Gasteiger partial charge on any atom is 0.525 e. The van der Waals surface area contributed by atoms with Gasteiger partial charge in [-0.3, -0.25) is 9.79 Å². The lowest BCUT2D eigenvalue weighted by Crippen LogP contribution is -2.01. The maximum atomic E-state index is 10.5. The summed E-state index contributed by atoms with van der Waals surface area (Å²) >= 11 is 0. The van der Waals surface area contributed by atoms with Gasteiger partial charge in [-0.05, 0) is 0 Å². The smallest absolute Gasteiger partial charge is 0.455 e. The van der Waals surface area contributed by atoms with Crippen LogP contribution in [0.15, 0.2) is 11.8 Å². The highest BCUT2D eigenvalue weighted by Crippen LogP contribution is 2.39. The molecule has 11 heavy (non-hydrogen) atoms. The monoisotopic (exact) mass is 180 g/mol. The standard InChI is InChI=1S/C4H5O6P/c5-4-3(1-2-9-4)10-11(6,7)8/h1H,2H2,(H2,6,7,8). The predicted octanol–water partition coefficient (Wildman–Crippen LogP) is -0.464. The summed E-state index contributed by atoms with van der Waals surface area (Å²) in [4.78, 5) is 27.0. The largest absolute Gasteiger partial charge is 0.525 e. The summed E-state index contributed by atoms with van der Waals surface area (Å²) in [6.07, 6.45) is 1.15. The zero-order valence-corrected chi connectivity index (χ0v) is 6.15. The number of phosphoric acid groups is 1. The van der Waals surface area contributed by atoms with E-state index < -0.39 is 19.6 Å². The molecule has 0 bridgehead atoms. The summed E-state index contributed by atoms with van der Waals surface area (Å²) in [5, 5.41) is 0. The molecule has 0 amide bonds. The number of hydrogen-bond acceptors (Lipinski definition) is 4. The highest BCUT2D eigenvalue weighted by atomic mass is 31.2. The molecule has 0 unspecified atom stereocenters. The van der Waals surface area contributed by atoms with Crippen LogP contribution in [-0.2, 0) is 18.6 Å². The number of phosphoric ester groups is 1. The minimum Gasteiger partial charge on any atom is -0.455 e. The van der Waals surface area contributed by atoms with Crippen molar-refractivity contribution < 1.29 is 28.4 Å². The topological polar surface area (TPSA) is 93.1 Å². The molecule has 62 valence electrons. The number of hydrogen-bond donors (Lipinski definition) is 2. The number of esters is 1. The van der Waals surface area contributed by atoms with Crippen molar-refractivity contribution in [1.29, 1.82) is 0 Å². The molecule has 1 rings (SSSR count). The summed E-state index contributed by atoms with van der Waals surface area (Å²) in [6, 6.07) is 0. The van der Waals surface area contributed by atoms with E-state index in [0.717, 1.165) is 6.08 Å². The molecular formula is C4H5O6P. The Labute approximate surface area is 61.7 Å². The highest BCUT2D eigenvalue weighted by molar-refractivity contribution is 7.46. The third-order valence-electron chi connectivity index (χ3n) is 0.902. The molecule has 0 atom stereocenters. The zero-order chi connectivity index (χ0) is 8.48. The van der Waals surface area contributed by atoms with Crippen molar-refractivity contribution in [2.24, 2.45) is 0 Å².